The molecule has 0 amide bonds. The van der Waals surface area contributed by atoms with Crippen LogP contribution in [0.1, 0.15) is 49.6 Å². The predicted molar refractivity (Wildman–Crippen MR) is 470 cm³/mol. The van der Waals surface area contributed by atoms with Gasteiger partial charge in [-0.15, -0.1) is 143 Å². The number of ketones is 1. The van der Waals surface area contributed by atoms with Crippen molar-refractivity contribution in [1.82, 2.24) is 39.0 Å². The first-order valence-electron chi connectivity index (χ1n) is 39.5. The molecule has 9 nitrogen and oxygen atoms in total. The van der Waals surface area contributed by atoms with Crippen molar-refractivity contribution in [3.63, 3.8) is 0 Å². The van der Waals surface area contributed by atoms with E-state index < -0.39 is 46.5 Å². The van der Waals surface area contributed by atoms with Crippen LogP contribution in [0.5, 0.6) is 0 Å². The van der Waals surface area contributed by atoms with Crippen molar-refractivity contribution >= 4 is 49.1 Å². The number of hydrogen-bond donors (Lipinski definition) is 0. The van der Waals surface area contributed by atoms with Gasteiger partial charge in [0.2, 0.25) is 0 Å². The molecule has 8 aromatic heterocycles. The number of benzene rings is 12. The number of pyridine rings is 6. The molecule has 0 N–H and O–H groups in total. The maximum atomic E-state index is 14.4. The van der Waals surface area contributed by atoms with Crippen LogP contribution in [-0.4, -0.2) is 44.8 Å². The molecule has 21 heteroatoms. The Bertz CT molecular complexity index is 6980. The first kappa shape index (κ1) is 93.6. The van der Waals surface area contributed by atoms with E-state index in [0.29, 0.717) is 47.2 Å². The molecule has 0 atom stereocenters. The quantitative estimate of drug-likeness (QED) is 0.0539. The second-order valence-corrected chi connectivity index (χ2v) is 29.0. The van der Waals surface area contributed by atoms with Gasteiger partial charge in [0.25, 0.3) is 0 Å². The van der Waals surface area contributed by atoms with Crippen molar-refractivity contribution < 1.29 is 124 Å². The molecule has 0 fully saturated rings. The van der Waals surface area contributed by atoms with E-state index in [1.807, 2.05) is 109 Å². The second-order valence-electron chi connectivity index (χ2n) is 29.0. The summed E-state index contributed by atoms with van der Waals surface area (Å²) in [5.41, 5.74) is 15.2. The Morgan fingerprint density at radius 1 is 0.326 bits per heavy atom. The van der Waals surface area contributed by atoms with Gasteiger partial charge in [-0.25, -0.2) is 11.1 Å². The molecule has 0 spiro atoms. The molecule has 0 aliphatic carbocycles. The van der Waals surface area contributed by atoms with Crippen LogP contribution in [0, 0.1) is 107 Å². The van der Waals surface area contributed by atoms with Gasteiger partial charge >= 0.3 is 84.3 Å². The summed E-state index contributed by atoms with van der Waals surface area (Å²) in [6, 6.07) is 116. The standard InChI is InChI=1S/C31H18N2O.C29H22N4.C25H12F4.C23H12F4N2.4Pt/c34-31(25-11-5-9-23(19-25)29-27-13-3-1-7-21(27)15-17-32-29)26-12-6-10-24(20-26)30-28-14-4-2-8-22(28)16-18-33-30;1-32-26-15-5-3-9-20(26)17-28(32)24-13-7-11-22(30-24)19-23-12-8-14-25(31-23)29-18-21-10-4-6-16-27(21)33(29)2;26-20-7-9-22(24(28)14-20)18-5-1-3-16(12-18)11-17-4-2-6-19(13-17)23-10-8-21(27)15-25(23)29;24-18-12-20(26)16(22-5-1-3-7-28-22)10-14(18)9-15-11-17(21(27)13-19(15)25)23-6-2-4-8-29-23;;;;/h1-18H;3-16H,19H2,1-2H3;1-8,14-15H,11H2;1-8,12-13H,9H2;;;;/q2*-2;-4;-2;3*+2;+4. The average molecular weight is 2420 g/mol. The molecule has 0 bridgehead atoms. The van der Waals surface area contributed by atoms with E-state index in [1.165, 1.54) is 12.4 Å². The summed E-state index contributed by atoms with van der Waals surface area (Å²) in [5.74, 6) is -6.40. The molecular weight excluding hydrogens is 2360 g/mol. The first-order valence-corrected chi connectivity index (χ1v) is 39.5. The number of aromatic nitrogens is 8. The number of aryl methyl sites for hydroxylation is 2. The summed E-state index contributed by atoms with van der Waals surface area (Å²) < 4.78 is 116. The van der Waals surface area contributed by atoms with Crippen LogP contribution in [0.15, 0.2) is 316 Å². The van der Waals surface area contributed by atoms with Crippen LogP contribution in [0.3, 0.4) is 0 Å². The van der Waals surface area contributed by atoms with Gasteiger partial charge in [-0.2, -0.15) is 59.7 Å². The molecule has 0 saturated carbocycles. The third-order valence-corrected chi connectivity index (χ3v) is 20.8. The minimum absolute atomic E-state index is 0. The summed E-state index contributed by atoms with van der Waals surface area (Å²) in [6.07, 6.45) is 7.29. The van der Waals surface area contributed by atoms with Crippen molar-refractivity contribution in [2.75, 3.05) is 0 Å². The molecular formula is C108H64F8N8OPt4. The van der Waals surface area contributed by atoms with E-state index in [0.717, 1.165) is 135 Å². The number of hydrogen-bond acceptors (Lipinski definition) is 7. The molecule has 0 saturated heterocycles. The summed E-state index contributed by atoms with van der Waals surface area (Å²) in [5, 5.41) is 6.45. The third kappa shape index (κ3) is 21.6. The largest absolute Gasteiger partial charge is 4.00 e. The van der Waals surface area contributed by atoms with Crippen molar-refractivity contribution in [2.45, 2.75) is 19.3 Å². The maximum Gasteiger partial charge on any atom is 4.00 e. The number of rotatable bonds is 16. The average Bonchev–Trinajstić information content (AvgIpc) is 1.65. The molecule has 638 valence electrons. The van der Waals surface area contributed by atoms with Crippen molar-refractivity contribution in [2.24, 2.45) is 14.1 Å². The Balaban J connectivity index is 0.000000146. The topological polar surface area (TPSA) is 104 Å². The fraction of sp³-hybridized carbons (Fsp3) is 0.0463. The van der Waals surface area contributed by atoms with Crippen molar-refractivity contribution in [1.29, 1.82) is 0 Å². The monoisotopic (exact) mass is 2420 g/mol. The number of carbonyl (C=O) groups excluding carboxylic acids is 1. The number of carbonyl (C=O) groups is 1. The molecule has 129 heavy (non-hydrogen) atoms. The maximum absolute atomic E-state index is 14.4. The number of halogens is 8. The van der Waals surface area contributed by atoms with Crippen LogP contribution in [0.2, 0.25) is 0 Å². The molecule has 0 aliphatic rings. The normalized spacial score (nSPS) is 10.7. The zero-order valence-corrected chi connectivity index (χ0v) is 77.0. The Kier molecular flexibility index (Phi) is 31.0. The molecule has 20 rings (SSSR count). The van der Waals surface area contributed by atoms with Crippen LogP contribution < -0.4 is 0 Å². The van der Waals surface area contributed by atoms with E-state index in [-0.39, 0.29) is 141 Å². The third-order valence-electron chi connectivity index (χ3n) is 20.8. The van der Waals surface area contributed by atoms with Gasteiger partial charge in [0.1, 0.15) is 5.78 Å². The second kappa shape index (κ2) is 42.7. The summed E-state index contributed by atoms with van der Waals surface area (Å²) in [4.78, 5) is 40.5. The molecule has 0 radical (unpaired) electrons. The zero-order valence-electron chi connectivity index (χ0n) is 67.9. The van der Waals surface area contributed by atoms with Crippen LogP contribution in [0.25, 0.3) is 133 Å². The fourth-order valence-corrected chi connectivity index (χ4v) is 14.7. The van der Waals surface area contributed by atoms with E-state index in [2.05, 4.69) is 177 Å². The Morgan fingerprint density at radius 3 is 1.14 bits per heavy atom. The predicted octanol–water partition coefficient (Wildman–Crippen LogP) is 24.9. The number of nitrogens with zero attached hydrogens (tertiary/aromatic N) is 8. The van der Waals surface area contributed by atoms with Crippen LogP contribution >= 0.6 is 0 Å². The van der Waals surface area contributed by atoms with Crippen LogP contribution in [0.4, 0.5) is 35.1 Å². The number of fused-ring (bicyclic) bond motifs is 4. The van der Waals surface area contributed by atoms with E-state index in [9.17, 15) is 39.9 Å². The summed E-state index contributed by atoms with van der Waals surface area (Å²) in [6.45, 7) is 0. The van der Waals surface area contributed by atoms with Gasteiger partial charge in [-0.05, 0) is 116 Å². The van der Waals surface area contributed by atoms with Crippen LogP contribution in [-0.2, 0) is 118 Å². The van der Waals surface area contributed by atoms with E-state index >= 15 is 0 Å². The SMILES string of the molecule is Cn1c(-c2cccc(Cc3cccc(-c4[c-]c5ccccc5n4C)n3)n2)[c-]c2ccccc21.Fc1c[c-]c(-c2[c-]c(Cc3[c-]c(-c4[c-]cc(F)cc4F)ccc3)ccc2)c(F)c1.Fc1cc(F)c(-c2ccccn2)[c-]c1Cc1[c-]c(-c2ccccn2)c(F)cc1F.O=C(c1[c-]c(-c2nccc3ccccc23)ccc1)c1[c-]c(-c2nccc3ccccc23)ccc1.[Pt+2].[Pt+2].[Pt+2].[Pt+4]. The Labute approximate surface area is 796 Å². The molecule has 0 unspecified atom stereocenters. The summed E-state index contributed by atoms with van der Waals surface area (Å²) in [7, 11) is 4.13. The summed E-state index contributed by atoms with van der Waals surface area (Å²) >= 11 is 0. The van der Waals surface area contributed by atoms with Gasteiger partial charge in [0.05, 0.1) is 0 Å². The fourth-order valence-electron chi connectivity index (χ4n) is 14.7. The zero-order chi connectivity index (χ0) is 86.0. The minimum Gasteiger partial charge on any atom is -0.397 e. The molecule has 12 aromatic carbocycles. The minimum atomic E-state index is -0.890. The van der Waals surface area contributed by atoms with Crippen molar-refractivity contribution in [3.05, 3.63) is 468 Å². The van der Waals surface area contributed by atoms with Gasteiger partial charge < -0.3 is 23.9 Å². The van der Waals surface area contributed by atoms with Gasteiger partial charge in [0.15, 0.2) is 0 Å². The van der Waals surface area contributed by atoms with E-state index in [4.69, 9.17) is 9.97 Å². The Hall–Kier alpha value is -13.0. The van der Waals surface area contributed by atoms with E-state index in [1.54, 1.807) is 85.2 Å². The molecule has 20 aromatic rings. The Morgan fingerprint density at radius 2 is 0.713 bits per heavy atom. The molecule has 0 aliphatic heterocycles. The first-order chi connectivity index (χ1) is 61.0. The van der Waals surface area contributed by atoms with Gasteiger partial charge in [-0.3, -0.25) is 55.1 Å². The number of para-hydroxylation sites is 2. The van der Waals surface area contributed by atoms with Crippen molar-refractivity contribution in [3.8, 4) is 90.1 Å². The van der Waals surface area contributed by atoms with Gasteiger partial charge in [0, 0.05) is 114 Å². The molecule has 8 heterocycles. The smallest absolute Gasteiger partial charge is 0.397 e. The van der Waals surface area contributed by atoms with Gasteiger partial charge in [-0.1, -0.05) is 190 Å².